The molecule has 0 amide bonds. The average molecular weight is 234 g/mol. The third-order valence-corrected chi connectivity index (χ3v) is 6.22. The maximum atomic E-state index is 11.5. The van der Waals surface area contributed by atoms with Gasteiger partial charge in [0.2, 0.25) is 0 Å². The third-order valence-electron chi connectivity index (χ3n) is 6.22. The molecule has 0 aromatic heterocycles. The van der Waals surface area contributed by atoms with E-state index in [0.717, 1.165) is 42.9 Å². The van der Waals surface area contributed by atoms with Crippen molar-refractivity contribution in [3.8, 4) is 0 Å². The van der Waals surface area contributed by atoms with Crippen molar-refractivity contribution < 1.29 is 4.79 Å². The van der Waals surface area contributed by atoms with Crippen LogP contribution in [0.15, 0.2) is 0 Å². The second-order valence-corrected chi connectivity index (χ2v) is 7.43. The fraction of sp³-hybridized carbons (Fsp3) is 0.938. The van der Waals surface area contributed by atoms with Gasteiger partial charge in [-0.05, 0) is 67.6 Å². The Labute approximate surface area is 105 Å². The summed E-state index contributed by atoms with van der Waals surface area (Å²) in [6.07, 6.45) is 9.97. The smallest absolute Gasteiger partial charge is 0.133 e. The summed E-state index contributed by atoms with van der Waals surface area (Å²) in [5.74, 6) is 4.18. The van der Waals surface area contributed by atoms with E-state index in [9.17, 15) is 4.79 Å². The van der Waals surface area contributed by atoms with Crippen LogP contribution in [0.25, 0.3) is 0 Å². The average Bonchev–Trinajstić information content (AvgIpc) is 2.29. The topological polar surface area (TPSA) is 17.1 Å². The van der Waals surface area contributed by atoms with Crippen LogP contribution in [0.2, 0.25) is 0 Å². The van der Waals surface area contributed by atoms with Crippen LogP contribution in [0.5, 0.6) is 0 Å². The van der Waals surface area contributed by atoms with Gasteiger partial charge in [0.25, 0.3) is 0 Å². The Morgan fingerprint density at radius 3 is 2.71 bits per heavy atom. The van der Waals surface area contributed by atoms with Gasteiger partial charge in [-0.2, -0.15) is 0 Å². The number of ketones is 1. The Kier molecular flexibility index (Phi) is 2.83. The Morgan fingerprint density at radius 1 is 1.24 bits per heavy atom. The van der Waals surface area contributed by atoms with Crippen molar-refractivity contribution >= 4 is 5.78 Å². The van der Waals surface area contributed by atoms with Crippen molar-refractivity contribution in [1.82, 2.24) is 0 Å². The molecule has 1 unspecified atom stereocenters. The van der Waals surface area contributed by atoms with Crippen LogP contribution in [-0.2, 0) is 4.79 Å². The Morgan fingerprint density at radius 2 is 2.06 bits per heavy atom. The van der Waals surface area contributed by atoms with E-state index in [2.05, 4.69) is 13.8 Å². The van der Waals surface area contributed by atoms with E-state index in [4.69, 9.17) is 0 Å². The quantitative estimate of drug-likeness (QED) is 0.699. The molecule has 0 N–H and O–H groups in total. The second-order valence-electron chi connectivity index (χ2n) is 7.43. The number of Topliss-reactive ketones (excluding diaryl/α,β-unsaturated/α-hetero) is 1. The van der Waals surface area contributed by atoms with Crippen LogP contribution in [0.1, 0.15) is 65.2 Å². The van der Waals surface area contributed by atoms with Crippen molar-refractivity contribution in [2.45, 2.75) is 65.2 Å². The van der Waals surface area contributed by atoms with Gasteiger partial charge in [-0.25, -0.2) is 0 Å². The molecule has 17 heavy (non-hydrogen) atoms. The van der Waals surface area contributed by atoms with Crippen molar-refractivity contribution in [3.05, 3.63) is 0 Å². The van der Waals surface area contributed by atoms with Crippen molar-refractivity contribution in [3.63, 3.8) is 0 Å². The first-order chi connectivity index (χ1) is 8.07. The molecule has 4 aliphatic carbocycles. The molecule has 96 valence electrons. The molecular formula is C16H26O. The monoisotopic (exact) mass is 234 g/mol. The predicted octanol–water partition coefficient (Wildman–Crippen LogP) is 4.21. The van der Waals surface area contributed by atoms with E-state index in [1.807, 2.05) is 0 Å². The lowest BCUT2D eigenvalue weighted by molar-refractivity contribution is -0.124. The molecule has 0 saturated heterocycles. The summed E-state index contributed by atoms with van der Waals surface area (Å²) < 4.78 is 0. The fourth-order valence-corrected chi connectivity index (χ4v) is 4.99. The van der Waals surface area contributed by atoms with Gasteiger partial charge in [0.15, 0.2) is 0 Å². The molecule has 0 spiro atoms. The SMILES string of the molecule is CC1(C)[C@H]2CC[C@@H](CC3CCCC(=O)C3)[C@@H]1C2. The molecule has 0 heterocycles. The number of hydrogen-bond donors (Lipinski definition) is 0. The van der Waals surface area contributed by atoms with Crippen LogP contribution in [0, 0.1) is 29.1 Å². The van der Waals surface area contributed by atoms with Crippen LogP contribution < -0.4 is 0 Å². The standard InChI is InChI=1S/C16H26O/c1-16(2)13-7-6-12(15(16)10-13)8-11-4-3-5-14(17)9-11/h11-13,15H,3-10H2,1-2H3/t11?,12-,13-,15-/m0/s1. The molecule has 1 heteroatoms. The molecule has 1 nitrogen and oxygen atoms in total. The summed E-state index contributed by atoms with van der Waals surface area (Å²) in [5, 5.41) is 0. The van der Waals surface area contributed by atoms with Gasteiger partial charge in [-0.15, -0.1) is 0 Å². The van der Waals surface area contributed by atoms with E-state index in [-0.39, 0.29) is 0 Å². The molecule has 0 aliphatic heterocycles. The molecule has 4 atom stereocenters. The van der Waals surface area contributed by atoms with Gasteiger partial charge in [0, 0.05) is 12.8 Å². The van der Waals surface area contributed by atoms with E-state index in [1.54, 1.807) is 0 Å². The summed E-state index contributed by atoms with van der Waals surface area (Å²) >= 11 is 0. The van der Waals surface area contributed by atoms with E-state index in [0.29, 0.717) is 11.2 Å². The van der Waals surface area contributed by atoms with Gasteiger partial charge in [-0.1, -0.05) is 13.8 Å². The van der Waals surface area contributed by atoms with Crippen LogP contribution in [0.4, 0.5) is 0 Å². The van der Waals surface area contributed by atoms with Crippen LogP contribution >= 0.6 is 0 Å². The van der Waals surface area contributed by atoms with E-state index < -0.39 is 0 Å². The minimum atomic E-state index is 0.530. The normalized spacial score (nSPS) is 44.2. The van der Waals surface area contributed by atoms with E-state index in [1.165, 1.54) is 32.1 Å². The lowest BCUT2D eigenvalue weighted by atomic mass is 9.45. The first-order valence-corrected chi connectivity index (χ1v) is 7.59. The summed E-state index contributed by atoms with van der Waals surface area (Å²) in [4.78, 5) is 11.5. The maximum Gasteiger partial charge on any atom is 0.133 e. The first kappa shape index (κ1) is 11.7. The van der Waals surface area contributed by atoms with Crippen LogP contribution in [0.3, 0.4) is 0 Å². The molecule has 4 fully saturated rings. The molecular weight excluding hydrogens is 208 g/mol. The van der Waals surface area contributed by atoms with Gasteiger partial charge >= 0.3 is 0 Å². The third kappa shape index (κ3) is 1.96. The zero-order valence-electron chi connectivity index (χ0n) is 11.4. The minimum Gasteiger partial charge on any atom is -0.300 e. The number of carbonyl (C=O) groups is 1. The largest absolute Gasteiger partial charge is 0.300 e. The summed E-state index contributed by atoms with van der Waals surface area (Å²) in [5.41, 5.74) is 0.613. The predicted molar refractivity (Wildman–Crippen MR) is 69.7 cm³/mol. The fourth-order valence-electron chi connectivity index (χ4n) is 4.99. The van der Waals surface area contributed by atoms with Gasteiger partial charge < -0.3 is 0 Å². The molecule has 0 radical (unpaired) electrons. The highest BCUT2D eigenvalue weighted by molar-refractivity contribution is 5.79. The van der Waals surface area contributed by atoms with Crippen molar-refractivity contribution in [2.24, 2.45) is 29.1 Å². The molecule has 4 aliphatic rings. The molecule has 0 aromatic rings. The molecule has 4 rings (SSSR count). The number of carbonyl (C=O) groups excluding carboxylic acids is 1. The van der Waals surface area contributed by atoms with Gasteiger partial charge in [-0.3, -0.25) is 4.79 Å². The van der Waals surface area contributed by atoms with Crippen LogP contribution in [-0.4, -0.2) is 5.78 Å². The number of rotatable bonds is 2. The van der Waals surface area contributed by atoms with Gasteiger partial charge in [0.05, 0.1) is 0 Å². The Hall–Kier alpha value is -0.330. The molecule has 4 saturated carbocycles. The Bertz CT molecular complexity index is 315. The number of fused-ring (bicyclic) bond motifs is 2. The summed E-state index contributed by atoms with van der Waals surface area (Å²) in [7, 11) is 0. The highest BCUT2D eigenvalue weighted by Gasteiger charge is 2.54. The number of hydrogen-bond acceptors (Lipinski definition) is 1. The lowest BCUT2D eigenvalue weighted by Gasteiger charge is -2.60. The zero-order chi connectivity index (χ0) is 12.0. The van der Waals surface area contributed by atoms with Crippen molar-refractivity contribution in [1.29, 1.82) is 0 Å². The molecule has 0 aromatic carbocycles. The summed E-state index contributed by atoms with van der Waals surface area (Å²) in [6.45, 7) is 4.95. The Balaban J connectivity index is 1.60. The zero-order valence-corrected chi connectivity index (χ0v) is 11.4. The van der Waals surface area contributed by atoms with E-state index >= 15 is 0 Å². The summed E-state index contributed by atoms with van der Waals surface area (Å²) in [6, 6.07) is 0. The lowest BCUT2D eigenvalue weighted by Crippen LogP contribution is -2.52. The second kappa shape index (κ2) is 4.10. The molecule has 2 bridgehead atoms. The maximum absolute atomic E-state index is 11.5. The minimum absolute atomic E-state index is 0.530. The highest BCUT2D eigenvalue weighted by atomic mass is 16.1. The van der Waals surface area contributed by atoms with Crippen molar-refractivity contribution in [2.75, 3.05) is 0 Å². The first-order valence-electron chi connectivity index (χ1n) is 7.59. The highest BCUT2D eigenvalue weighted by Crippen LogP contribution is 2.62. The van der Waals surface area contributed by atoms with Gasteiger partial charge in [0.1, 0.15) is 5.78 Å².